The summed E-state index contributed by atoms with van der Waals surface area (Å²) in [5, 5.41) is 25.9. The number of nitrogens with one attached hydrogen (secondary N) is 2. The van der Waals surface area contributed by atoms with Crippen molar-refractivity contribution in [2.45, 2.75) is 87.0 Å². The van der Waals surface area contributed by atoms with E-state index in [0.717, 1.165) is 64.7 Å². The Morgan fingerprint density at radius 2 is 1.11 bits per heavy atom. The Kier molecular flexibility index (Phi) is 41.0. The van der Waals surface area contributed by atoms with Crippen molar-refractivity contribution in [2.24, 2.45) is 0 Å². The van der Waals surface area contributed by atoms with Crippen LogP contribution >= 0.6 is 36.2 Å². The molecular formula is C42H82FMnN9O6S3. The monoisotopic (exact) mass is 979 g/mol. The zero-order valence-corrected chi connectivity index (χ0v) is 41.5. The number of thiol groups is 1. The van der Waals surface area contributed by atoms with Crippen molar-refractivity contribution >= 4 is 58.6 Å². The van der Waals surface area contributed by atoms with Crippen LogP contribution in [-0.4, -0.2) is 209 Å². The average molecular weight is 980 g/mol. The topological polar surface area (TPSA) is 165 Å². The molecule has 1 radical (unpaired) electrons. The third kappa shape index (κ3) is 29.0. The number of nitrogens with zero attached hydrogens (tertiary/aromatic N) is 7. The van der Waals surface area contributed by atoms with Gasteiger partial charge in [-0.25, -0.2) is 0 Å². The number of hydrogen-bond donors (Lipinski definition) is 5. The van der Waals surface area contributed by atoms with E-state index in [4.69, 9.17) is 6.35 Å². The number of thioether (sulfide) groups is 2. The van der Waals surface area contributed by atoms with Crippen molar-refractivity contribution < 1.29 is 52.2 Å². The van der Waals surface area contributed by atoms with Gasteiger partial charge in [-0.1, -0.05) is 78.6 Å². The molecule has 1 aromatic heterocycles. The molecule has 2 rings (SSSR count). The fourth-order valence-corrected chi connectivity index (χ4v) is 8.23. The van der Waals surface area contributed by atoms with Crippen LogP contribution in [0.4, 0.5) is 14.0 Å². The Morgan fingerprint density at radius 1 is 0.758 bits per heavy atom. The number of hydrogen-bond acceptors (Lipinski definition) is 14. The van der Waals surface area contributed by atoms with Gasteiger partial charge in [-0.05, 0) is 71.3 Å². The molecule has 1 aromatic rings. The molecule has 2 heterocycles. The molecule has 4 N–H and O–H groups in total. The minimum atomic E-state index is -1.00. The summed E-state index contributed by atoms with van der Waals surface area (Å²) in [6.45, 7) is 24.6. The molecule has 1 aliphatic rings. The first-order chi connectivity index (χ1) is 29.3. The number of halogens is 1. The summed E-state index contributed by atoms with van der Waals surface area (Å²) < 4.78 is 15.5. The zero-order valence-electron chi connectivity index (χ0n) is 38.8. The van der Waals surface area contributed by atoms with Gasteiger partial charge in [0.25, 0.3) is 10.5 Å². The Bertz CT molecular complexity index is 1250. The van der Waals surface area contributed by atoms with Gasteiger partial charge < -0.3 is 40.4 Å². The number of likely N-dealkylation sites (N-methyl/N-ethyl adjacent to an activating group) is 1. The van der Waals surface area contributed by atoms with Crippen molar-refractivity contribution in [3.8, 4) is 0 Å². The van der Waals surface area contributed by atoms with E-state index in [9.17, 15) is 33.8 Å². The van der Waals surface area contributed by atoms with Crippen LogP contribution in [0.3, 0.4) is 0 Å². The number of rotatable bonds is 24. The fourth-order valence-electron chi connectivity index (χ4n) is 6.47. The number of fused-ring (bicyclic) bond motifs is 2. The predicted octanol–water partition coefficient (Wildman–Crippen LogP) is 5.36. The molecular weight excluding hydrogens is 897 g/mol. The first-order valence-corrected chi connectivity index (χ1v) is 23.9. The number of alkyl halides is 1. The molecule has 20 heteroatoms. The van der Waals surface area contributed by atoms with Crippen LogP contribution in [0.1, 0.15) is 74.6 Å². The number of amides is 2. The average Bonchev–Trinajstić information content (AvgIpc) is 3.23. The maximum atomic E-state index is 12.5. The SMILES string of the molecule is C.CCN(CC)CCS.CCN(CC)CCSC(=O)NCCC(C(=O)O)N1CCN(C)CCN(C(CCNC(=O)SCCN(CC)CC)C(=O)O)Cc2cccc(n2)C1.[2H]CF.[Mn]. The van der Waals surface area contributed by atoms with E-state index in [-0.39, 0.29) is 60.9 Å². The molecule has 0 fully saturated rings. The van der Waals surface area contributed by atoms with Crippen molar-refractivity contribution in [3.05, 3.63) is 29.6 Å². The molecule has 363 valence electrons. The Balaban J connectivity index is -0.00000245. The van der Waals surface area contributed by atoms with E-state index < -0.39 is 31.2 Å². The second-order valence-electron chi connectivity index (χ2n) is 14.1. The van der Waals surface area contributed by atoms with Gasteiger partial charge in [-0.15, -0.1) is 0 Å². The molecule has 0 saturated heterocycles. The van der Waals surface area contributed by atoms with Crippen LogP contribution in [0, 0.1) is 0 Å². The smallest absolute Gasteiger partial charge is 0.320 e. The van der Waals surface area contributed by atoms with Gasteiger partial charge in [0, 0.05) is 106 Å². The van der Waals surface area contributed by atoms with Crippen LogP contribution < -0.4 is 10.6 Å². The van der Waals surface area contributed by atoms with E-state index in [1.54, 1.807) is 0 Å². The van der Waals surface area contributed by atoms with E-state index >= 15 is 0 Å². The van der Waals surface area contributed by atoms with Crippen LogP contribution in [0.25, 0.3) is 0 Å². The van der Waals surface area contributed by atoms with Gasteiger partial charge in [0.2, 0.25) is 0 Å². The molecule has 2 bridgehead atoms. The van der Waals surface area contributed by atoms with E-state index in [1.807, 2.05) is 35.0 Å². The molecule has 0 aliphatic carbocycles. The Labute approximate surface area is 400 Å². The third-order valence-electron chi connectivity index (χ3n) is 10.3. The van der Waals surface area contributed by atoms with E-state index in [1.165, 1.54) is 23.5 Å². The van der Waals surface area contributed by atoms with Crippen molar-refractivity contribution in [1.29, 1.82) is 0 Å². The maximum Gasteiger partial charge on any atom is 0.320 e. The van der Waals surface area contributed by atoms with E-state index in [2.05, 4.69) is 84.4 Å². The minimum Gasteiger partial charge on any atom is -0.480 e. The summed E-state index contributed by atoms with van der Waals surface area (Å²) in [7, 11) is 0.941. The number of carbonyl (C=O) groups excluding carboxylic acids is 2. The summed E-state index contributed by atoms with van der Waals surface area (Å²) in [5.41, 5.74) is 1.38. The largest absolute Gasteiger partial charge is 0.480 e. The second kappa shape index (κ2) is 40.8. The minimum absolute atomic E-state index is 0. The maximum absolute atomic E-state index is 12.5. The molecule has 62 heavy (non-hydrogen) atoms. The second-order valence-corrected chi connectivity index (χ2v) is 16.7. The van der Waals surface area contributed by atoms with Gasteiger partial charge in [-0.3, -0.25) is 38.4 Å². The van der Waals surface area contributed by atoms with Crippen LogP contribution in [0.2, 0.25) is 0 Å². The number of pyridine rings is 1. The molecule has 0 spiro atoms. The molecule has 2 unspecified atom stereocenters. The van der Waals surface area contributed by atoms with Gasteiger partial charge in [0.05, 0.1) is 19.9 Å². The molecule has 0 aromatic carbocycles. The van der Waals surface area contributed by atoms with Crippen LogP contribution in [-0.2, 0) is 39.7 Å². The Morgan fingerprint density at radius 3 is 1.42 bits per heavy atom. The number of carboxylic acid groups (broad SMARTS) is 2. The quantitative estimate of drug-likeness (QED) is 0.0664. The summed E-state index contributed by atoms with van der Waals surface area (Å²) in [4.78, 5) is 67.4. The third-order valence-corrected chi connectivity index (χ3v) is 12.1. The van der Waals surface area contributed by atoms with Crippen LogP contribution in [0.5, 0.6) is 0 Å². The van der Waals surface area contributed by atoms with Crippen LogP contribution in [0.15, 0.2) is 18.2 Å². The summed E-state index contributed by atoms with van der Waals surface area (Å²) in [6.07, 6.45) is 0.500. The number of aromatic nitrogens is 1. The number of carbonyl (C=O) groups is 4. The molecule has 15 nitrogen and oxygen atoms in total. The molecule has 1 aliphatic heterocycles. The fraction of sp³-hybridized carbons (Fsp3) is 0.786. The summed E-state index contributed by atoms with van der Waals surface area (Å²) in [6, 6.07) is 3.92. The molecule has 0 saturated carbocycles. The Hall–Kier alpha value is -1.71. The van der Waals surface area contributed by atoms with Gasteiger partial charge in [-0.2, -0.15) is 12.6 Å². The van der Waals surface area contributed by atoms with E-state index in [0.29, 0.717) is 62.2 Å². The molecule has 2 atom stereocenters. The number of aliphatic carboxylic acids is 2. The predicted molar refractivity (Wildman–Crippen MR) is 257 cm³/mol. The van der Waals surface area contributed by atoms with Crippen molar-refractivity contribution in [3.63, 3.8) is 0 Å². The van der Waals surface area contributed by atoms with Gasteiger partial charge in [0.15, 0.2) is 0 Å². The first-order valence-electron chi connectivity index (χ1n) is 22.0. The standard InChI is InChI=1S/C34H60N8O6S2.C6H15NS.CH3F.CH4.Mn/c1-6-39(7-2)21-23-49-33(47)35-15-13-29(31(43)44)41-19-17-38(5)18-20-42(26-28-12-10-11-27(25-41)37-28)30(32(45)46)14-16-36-34(48)50-24-22-40(8-3)9-4;1-3-7(4-2)5-6-8;1-2;;/h10-12,29-30H,6-9,13-26H2,1-5H3,(H,35,47)(H,36,48)(H,43,44)(H,45,46);8H,3-6H2,1-2H3;1H3;1H4;/i;;1D;;. The van der Waals surface area contributed by atoms with Crippen molar-refractivity contribution in [1.82, 2.24) is 45.0 Å². The molecule has 2 amide bonds. The summed E-state index contributed by atoms with van der Waals surface area (Å²) >= 11 is 6.56. The van der Waals surface area contributed by atoms with Gasteiger partial charge in [0.1, 0.15) is 12.1 Å². The number of carboxylic acids is 2. The zero-order chi connectivity index (χ0) is 46.0. The van der Waals surface area contributed by atoms with Crippen molar-refractivity contribution in [2.75, 3.05) is 130 Å². The summed E-state index contributed by atoms with van der Waals surface area (Å²) in [5.74, 6) is 0.414. The normalized spacial score (nSPS) is 14.9. The van der Waals surface area contributed by atoms with Gasteiger partial charge >= 0.3 is 11.9 Å². The first kappa shape index (κ1) is 62.4.